The number of alkyl halides is 1. The van der Waals surface area contributed by atoms with Crippen LogP contribution >= 0.6 is 0 Å². The molecule has 2 aliphatic heterocycles. The summed E-state index contributed by atoms with van der Waals surface area (Å²) in [5, 5.41) is 9.78. The predicted octanol–water partition coefficient (Wildman–Crippen LogP) is 3.41. The molecule has 2 N–H and O–H groups in total. The highest BCUT2D eigenvalue weighted by Gasteiger charge is 2.23. The number of anilines is 3. The summed E-state index contributed by atoms with van der Waals surface area (Å²) in [5.74, 6) is -0.278. The van der Waals surface area contributed by atoms with Crippen LogP contribution in [-0.2, 0) is 0 Å². The van der Waals surface area contributed by atoms with Gasteiger partial charge in [0.2, 0.25) is 0 Å². The van der Waals surface area contributed by atoms with E-state index >= 15 is 0 Å². The first-order valence-electron chi connectivity index (χ1n) is 11.8. The number of likely N-dealkylation sites (N-methyl/N-ethyl adjacent to an activating group) is 1. The third-order valence-electron chi connectivity index (χ3n) is 6.64. The largest absolute Gasteiger partial charge is 0.370 e. The van der Waals surface area contributed by atoms with E-state index in [0.717, 1.165) is 48.8 Å². The van der Waals surface area contributed by atoms with Crippen molar-refractivity contribution in [1.82, 2.24) is 20.1 Å². The Morgan fingerprint density at radius 3 is 2.59 bits per heavy atom. The molecule has 0 spiro atoms. The molecule has 2 aromatic heterocycles. The number of hydrogen-bond donors (Lipinski definition) is 2. The van der Waals surface area contributed by atoms with E-state index in [2.05, 4.69) is 54.4 Å². The second kappa shape index (κ2) is 9.80. The maximum absolute atomic E-state index is 13.8. The van der Waals surface area contributed by atoms with Gasteiger partial charge in [-0.05, 0) is 50.2 Å². The van der Waals surface area contributed by atoms with Crippen molar-refractivity contribution in [2.45, 2.75) is 19.0 Å². The van der Waals surface area contributed by atoms with Crippen molar-refractivity contribution in [3.05, 3.63) is 54.5 Å². The molecule has 0 radical (unpaired) electrons. The summed E-state index contributed by atoms with van der Waals surface area (Å²) < 4.78 is 13.8. The number of pyridine rings is 1. The van der Waals surface area contributed by atoms with Crippen molar-refractivity contribution in [2.75, 3.05) is 61.4 Å². The number of hydrogen-bond acceptors (Lipinski definition) is 6. The third kappa shape index (κ3) is 4.89. The number of aromatic amines is 1. The number of halogens is 1. The molecule has 4 heterocycles. The minimum Gasteiger partial charge on any atom is -0.370 e. The first-order chi connectivity index (χ1) is 16.6. The Bertz CT molecular complexity index is 1120. The van der Waals surface area contributed by atoms with Gasteiger partial charge in [-0.25, -0.2) is 9.37 Å². The Hall–Kier alpha value is -3.46. The van der Waals surface area contributed by atoms with Crippen LogP contribution in [-0.4, -0.2) is 78.5 Å². The van der Waals surface area contributed by atoms with E-state index in [1.54, 1.807) is 18.5 Å². The van der Waals surface area contributed by atoms with Crippen LogP contribution in [0.1, 0.15) is 23.3 Å². The molecule has 8 nitrogen and oxygen atoms in total. The number of carbonyl (C=O) groups excluding carboxylic acids is 1. The minimum absolute atomic E-state index is 0.278. The Morgan fingerprint density at radius 2 is 1.85 bits per heavy atom. The van der Waals surface area contributed by atoms with Crippen molar-refractivity contribution in [1.29, 1.82) is 0 Å². The number of piperazine rings is 1. The molecule has 2 saturated heterocycles. The monoisotopic (exact) mass is 463 g/mol. The highest BCUT2D eigenvalue weighted by molar-refractivity contribution is 6.05. The molecule has 0 aliphatic carbocycles. The summed E-state index contributed by atoms with van der Waals surface area (Å²) in [6, 6.07) is 11.5. The molecule has 0 saturated carbocycles. The number of benzene rings is 1. The van der Waals surface area contributed by atoms with Crippen molar-refractivity contribution < 1.29 is 9.18 Å². The van der Waals surface area contributed by atoms with Gasteiger partial charge in [-0.1, -0.05) is 6.07 Å². The summed E-state index contributed by atoms with van der Waals surface area (Å²) in [6.07, 6.45) is 3.66. The van der Waals surface area contributed by atoms with Gasteiger partial charge in [0.25, 0.3) is 5.91 Å². The average Bonchev–Trinajstić information content (AvgIpc) is 3.41. The predicted molar refractivity (Wildman–Crippen MR) is 132 cm³/mol. The van der Waals surface area contributed by atoms with Crippen LogP contribution in [0.25, 0.3) is 11.3 Å². The van der Waals surface area contributed by atoms with E-state index in [0.29, 0.717) is 37.3 Å². The summed E-state index contributed by atoms with van der Waals surface area (Å²) >= 11 is 0. The van der Waals surface area contributed by atoms with Crippen LogP contribution in [0, 0.1) is 0 Å². The second-order valence-electron chi connectivity index (χ2n) is 9.00. The number of carbonyl (C=O) groups is 1. The summed E-state index contributed by atoms with van der Waals surface area (Å²) in [5.41, 5.74) is 4.61. The first-order valence-corrected chi connectivity index (χ1v) is 11.8. The number of amides is 1. The van der Waals surface area contributed by atoms with Gasteiger partial charge in [0.05, 0.1) is 23.3 Å². The van der Waals surface area contributed by atoms with E-state index < -0.39 is 6.17 Å². The normalized spacial score (nSPS) is 17.7. The standard InChI is InChI=1S/C25H30FN7O/c1-31-11-13-32(14-12-31)20-5-6-22(24(15-20)33-9-7-19(26)8-10-33)30-25(34)23-4-2-3-21(29-23)18-16-27-28-17-18/h2-6,15-17,19H,7-14H2,1H3,(H,27,28)(H,30,34). The van der Waals surface area contributed by atoms with Gasteiger partial charge < -0.3 is 20.0 Å². The van der Waals surface area contributed by atoms with Gasteiger partial charge in [-0.3, -0.25) is 9.89 Å². The Kier molecular flexibility index (Phi) is 6.44. The van der Waals surface area contributed by atoms with Crippen molar-refractivity contribution >= 4 is 23.0 Å². The SMILES string of the molecule is CN1CCN(c2ccc(NC(=O)c3cccc(-c4cn[nH]c4)n3)c(N3CCC(F)CC3)c2)CC1. The fourth-order valence-corrected chi connectivity index (χ4v) is 4.54. The van der Waals surface area contributed by atoms with Gasteiger partial charge >= 0.3 is 0 Å². The molecular formula is C25H30FN7O. The minimum atomic E-state index is -0.759. The molecule has 0 bridgehead atoms. The molecule has 5 rings (SSSR count). The second-order valence-corrected chi connectivity index (χ2v) is 9.00. The molecule has 0 unspecified atom stereocenters. The lowest BCUT2D eigenvalue weighted by molar-refractivity contribution is 0.102. The lowest BCUT2D eigenvalue weighted by Gasteiger charge is -2.36. The van der Waals surface area contributed by atoms with Crippen LogP contribution in [0.4, 0.5) is 21.5 Å². The molecule has 0 atom stereocenters. The van der Waals surface area contributed by atoms with E-state index in [1.165, 1.54) is 0 Å². The maximum Gasteiger partial charge on any atom is 0.274 e. The van der Waals surface area contributed by atoms with Crippen LogP contribution < -0.4 is 15.1 Å². The fourth-order valence-electron chi connectivity index (χ4n) is 4.54. The van der Waals surface area contributed by atoms with Crippen molar-refractivity contribution in [3.8, 4) is 11.3 Å². The lowest BCUT2D eigenvalue weighted by Crippen LogP contribution is -2.44. The number of aromatic nitrogens is 3. The molecular weight excluding hydrogens is 433 g/mol. The Morgan fingerprint density at radius 1 is 1.06 bits per heavy atom. The summed E-state index contributed by atoms with van der Waals surface area (Å²) in [6.45, 7) is 5.20. The van der Waals surface area contributed by atoms with Gasteiger partial charge in [-0.2, -0.15) is 5.10 Å². The quantitative estimate of drug-likeness (QED) is 0.604. The van der Waals surface area contributed by atoms with Gasteiger partial charge in [0.15, 0.2) is 0 Å². The van der Waals surface area contributed by atoms with E-state index in [4.69, 9.17) is 0 Å². The van der Waals surface area contributed by atoms with Crippen LogP contribution in [0.3, 0.4) is 0 Å². The zero-order valence-electron chi connectivity index (χ0n) is 19.4. The molecule has 3 aromatic rings. The highest BCUT2D eigenvalue weighted by atomic mass is 19.1. The zero-order chi connectivity index (χ0) is 23.5. The summed E-state index contributed by atoms with van der Waals surface area (Å²) in [4.78, 5) is 24.5. The molecule has 9 heteroatoms. The molecule has 1 amide bonds. The van der Waals surface area contributed by atoms with Gasteiger partial charge in [-0.15, -0.1) is 0 Å². The molecule has 1 aromatic carbocycles. The van der Waals surface area contributed by atoms with E-state index in [9.17, 15) is 9.18 Å². The van der Waals surface area contributed by atoms with E-state index in [-0.39, 0.29) is 5.91 Å². The average molecular weight is 464 g/mol. The molecule has 34 heavy (non-hydrogen) atoms. The number of nitrogens with zero attached hydrogens (tertiary/aromatic N) is 5. The Balaban J connectivity index is 1.41. The van der Waals surface area contributed by atoms with Crippen LogP contribution in [0.5, 0.6) is 0 Å². The van der Waals surface area contributed by atoms with Crippen molar-refractivity contribution in [2.24, 2.45) is 0 Å². The number of H-pyrrole nitrogens is 1. The van der Waals surface area contributed by atoms with Crippen LogP contribution in [0.15, 0.2) is 48.8 Å². The Labute approximate surface area is 198 Å². The smallest absolute Gasteiger partial charge is 0.274 e. The molecule has 178 valence electrons. The maximum atomic E-state index is 13.8. The van der Waals surface area contributed by atoms with Gasteiger partial charge in [0, 0.05) is 56.7 Å². The van der Waals surface area contributed by atoms with Crippen molar-refractivity contribution in [3.63, 3.8) is 0 Å². The summed E-state index contributed by atoms with van der Waals surface area (Å²) in [7, 11) is 2.14. The first kappa shape index (κ1) is 22.3. The molecule has 2 aliphatic rings. The number of nitrogens with one attached hydrogen (secondary N) is 2. The zero-order valence-corrected chi connectivity index (χ0v) is 19.4. The van der Waals surface area contributed by atoms with Gasteiger partial charge in [0.1, 0.15) is 11.9 Å². The third-order valence-corrected chi connectivity index (χ3v) is 6.64. The fraction of sp³-hybridized carbons (Fsp3) is 0.400. The van der Waals surface area contributed by atoms with E-state index in [1.807, 2.05) is 18.2 Å². The highest BCUT2D eigenvalue weighted by Crippen LogP contribution is 2.34. The number of rotatable bonds is 5. The topological polar surface area (TPSA) is 80.4 Å². The molecule has 2 fully saturated rings. The number of piperidine rings is 1. The van der Waals surface area contributed by atoms with Crippen LogP contribution in [0.2, 0.25) is 0 Å². The lowest BCUT2D eigenvalue weighted by atomic mass is 10.1.